The van der Waals surface area contributed by atoms with E-state index in [4.69, 9.17) is 4.74 Å². The second kappa shape index (κ2) is 7.56. The van der Waals surface area contributed by atoms with Crippen molar-refractivity contribution in [2.75, 3.05) is 25.6 Å². The number of halogens is 1. The van der Waals surface area contributed by atoms with Crippen molar-refractivity contribution in [1.82, 2.24) is 9.78 Å². The highest BCUT2D eigenvalue weighted by Crippen LogP contribution is 2.16. The summed E-state index contributed by atoms with van der Waals surface area (Å²) in [5.41, 5.74) is 1.86. The third-order valence-corrected chi connectivity index (χ3v) is 4.30. The third-order valence-electron chi connectivity index (χ3n) is 2.80. The Balaban J connectivity index is 1.98. The van der Waals surface area contributed by atoms with Gasteiger partial charge >= 0.3 is 0 Å². The molecule has 0 unspecified atom stereocenters. The van der Waals surface area contributed by atoms with Crippen LogP contribution in [0.15, 0.2) is 32.3 Å². The Morgan fingerprint density at radius 3 is 3.10 bits per heavy atom. The molecule has 0 aliphatic carbocycles. The van der Waals surface area contributed by atoms with Crippen LogP contribution in [-0.2, 0) is 17.7 Å². The second-order valence-corrected chi connectivity index (χ2v) is 5.77. The summed E-state index contributed by atoms with van der Waals surface area (Å²) in [6.07, 6.45) is 2.58. The fraction of sp³-hybridized carbons (Fsp3) is 0.385. The Hall–Kier alpha value is -1.18. The van der Waals surface area contributed by atoms with E-state index in [0.717, 1.165) is 18.7 Å². The Kier molecular flexibility index (Phi) is 5.75. The lowest BCUT2D eigenvalue weighted by atomic mass is 10.2. The minimum atomic E-state index is -0.150. The fourth-order valence-corrected chi connectivity index (χ4v) is 2.85. The summed E-state index contributed by atoms with van der Waals surface area (Å²) in [6.45, 7) is 1.67. The maximum atomic E-state index is 12.0. The van der Waals surface area contributed by atoms with E-state index in [1.54, 1.807) is 24.6 Å². The number of hydrogen-bond acceptors (Lipinski definition) is 5. The van der Waals surface area contributed by atoms with Gasteiger partial charge in [-0.1, -0.05) is 0 Å². The van der Waals surface area contributed by atoms with Gasteiger partial charge in [0, 0.05) is 13.7 Å². The highest BCUT2D eigenvalue weighted by Gasteiger charge is 2.08. The normalized spacial score (nSPS) is 10.7. The summed E-state index contributed by atoms with van der Waals surface area (Å²) >= 11 is 5.01. The minimum Gasteiger partial charge on any atom is -0.383 e. The van der Waals surface area contributed by atoms with Crippen molar-refractivity contribution in [2.24, 2.45) is 0 Å². The first-order chi connectivity index (χ1) is 9.72. The summed E-state index contributed by atoms with van der Waals surface area (Å²) < 4.78 is 6.84. The van der Waals surface area contributed by atoms with Gasteiger partial charge in [0.1, 0.15) is 4.47 Å². The summed E-state index contributed by atoms with van der Waals surface area (Å²) in [6, 6.07) is 2.10. The zero-order valence-electron chi connectivity index (χ0n) is 11.1. The van der Waals surface area contributed by atoms with Crippen LogP contribution in [0.4, 0.5) is 5.69 Å². The molecule has 0 saturated heterocycles. The van der Waals surface area contributed by atoms with Gasteiger partial charge in [-0.25, -0.2) is 4.68 Å². The van der Waals surface area contributed by atoms with E-state index in [9.17, 15) is 4.79 Å². The van der Waals surface area contributed by atoms with Gasteiger partial charge in [0.25, 0.3) is 5.56 Å². The Morgan fingerprint density at radius 2 is 2.40 bits per heavy atom. The lowest BCUT2D eigenvalue weighted by Gasteiger charge is -2.10. The zero-order valence-corrected chi connectivity index (χ0v) is 13.5. The number of anilines is 1. The second-order valence-electron chi connectivity index (χ2n) is 4.20. The Bertz CT molecular complexity index is 598. The van der Waals surface area contributed by atoms with Gasteiger partial charge in [-0.15, -0.1) is 0 Å². The van der Waals surface area contributed by atoms with Crippen LogP contribution in [0, 0.1) is 0 Å². The first-order valence-electron chi connectivity index (χ1n) is 6.22. The summed E-state index contributed by atoms with van der Waals surface area (Å²) in [5, 5.41) is 11.5. The first kappa shape index (κ1) is 15.2. The molecule has 0 aliphatic rings. The molecule has 0 aliphatic heterocycles. The van der Waals surface area contributed by atoms with Crippen LogP contribution in [-0.4, -0.2) is 30.0 Å². The van der Waals surface area contributed by atoms with Crippen molar-refractivity contribution < 1.29 is 4.74 Å². The molecule has 0 amide bonds. The van der Waals surface area contributed by atoms with Crippen molar-refractivity contribution in [3.05, 3.63) is 43.4 Å². The number of hydrogen-bond donors (Lipinski definition) is 1. The molecule has 2 aromatic heterocycles. The minimum absolute atomic E-state index is 0.150. The van der Waals surface area contributed by atoms with Crippen LogP contribution in [0.1, 0.15) is 5.56 Å². The molecule has 1 N–H and O–H groups in total. The van der Waals surface area contributed by atoms with Gasteiger partial charge in [0.15, 0.2) is 0 Å². The average molecular weight is 358 g/mol. The topological polar surface area (TPSA) is 56.1 Å². The van der Waals surface area contributed by atoms with Crippen molar-refractivity contribution in [2.45, 2.75) is 13.0 Å². The number of nitrogens with zero attached hydrogens (tertiary/aromatic N) is 2. The molecule has 20 heavy (non-hydrogen) atoms. The van der Waals surface area contributed by atoms with Crippen LogP contribution in [0.25, 0.3) is 0 Å². The smallest absolute Gasteiger partial charge is 0.283 e. The number of methoxy groups -OCH3 is 1. The van der Waals surface area contributed by atoms with Crippen molar-refractivity contribution in [1.29, 1.82) is 0 Å². The molecule has 0 fully saturated rings. The number of rotatable bonds is 7. The van der Waals surface area contributed by atoms with E-state index in [-0.39, 0.29) is 5.56 Å². The molecule has 108 valence electrons. The highest BCUT2D eigenvalue weighted by molar-refractivity contribution is 9.10. The molecule has 5 nitrogen and oxygen atoms in total. The molecule has 2 aromatic rings. The van der Waals surface area contributed by atoms with Gasteiger partial charge in [-0.2, -0.15) is 16.4 Å². The molecule has 2 heterocycles. The van der Waals surface area contributed by atoms with Gasteiger partial charge in [-0.05, 0) is 44.7 Å². The van der Waals surface area contributed by atoms with Crippen LogP contribution in [0.2, 0.25) is 0 Å². The van der Waals surface area contributed by atoms with E-state index in [1.807, 2.05) is 0 Å². The quantitative estimate of drug-likeness (QED) is 0.826. The number of ether oxygens (including phenoxy) is 1. The molecule has 0 aromatic carbocycles. The Morgan fingerprint density at radius 1 is 1.55 bits per heavy atom. The molecule has 2 rings (SSSR count). The molecule has 0 atom stereocenters. The third kappa shape index (κ3) is 3.91. The largest absolute Gasteiger partial charge is 0.383 e. The molecule has 0 radical (unpaired) electrons. The highest BCUT2D eigenvalue weighted by atomic mass is 79.9. The number of thiophene rings is 1. The van der Waals surface area contributed by atoms with Gasteiger partial charge in [0.05, 0.1) is 25.0 Å². The van der Waals surface area contributed by atoms with Crippen LogP contribution in [0.5, 0.6) is 0 Å². The standard InChI is InChI=1S/C13H16BrN3O2S/c1-19-6-5-17-13(18)12(14)11(8-16-17)15-4-2-10-3-7-20-9-10/h3,7-9,15H,2,4-6H2,1H3. The maximum Gasteiger partial charge on any atom is 0.283 e. The van der Waals surface area contributed by atoms with E-state index in [2.05, 4.69) is 43.2 Å². The van der Waals surface area contributed by atoms with Gasteiger partial charge in [0.2, 0.25) is 0 Å². The van der Waals surface area contributed by atoms with Crippen LogP contribution < -0.4 is 10.9 Å². The van der Waals surface area contributed by atoms with E-state index in [1.165, 1.54) is 10.2 Å². The van der Waals surface area contributed by atoms with E-state index >= 15 is 0 Å². The Labute approximate surface area is 129 Å². The maximum absolute atomic E-state index is 12.0. The summed E-state index contributed by atoms with van der Waals surface area (Å²) in [7, 11) is 1.60. The summed E-state index contributed by atoms with van der Waals surface area (Å²) in [5.74, 6) is 0. The van der Waals surface area contributed by atoms with Gasteiger partial charge in [-0.3, -0.25) is 4.79 Å². The monoisotopic (exact) mass is 357 g/mol. The molecule has 7 heteroatoms. The van der Waals surface area contributed by atoms with E-state index in [0.29, 0.717) is 17.6 Å². The fourth-order valence-electron chi connectivity index (χ4n) is 1.70. The van der Waals surface area contributed by atoms with Crippen molar-refractivity contribution >= 4 is 33.0 Å². The average Bonchev–Trinajstić information content (AvgIpc) is 2.96. The predicted octanol–water partition coefficient (Wildman–Crippen LogP) is 2.37. The lowest BCUT2D eigenvalue weighted by Crippen LogP contribution is -2.26. The molecule has 0 saturated carbocycles. The number of nitrogens with one attached hydrogen (secondary N) is 1. The first-order valence-corrected chi connectivity index (χ1v) is 7.95. The molecule has 0 spiro atoms. The van der Waals surface area contributed by atoms with E-state index < -0.39 is 0 Å². The van der Waals surface area contributed by atoms with Crippen molar-refractivity contribution in [3.63, 3.8) is 0 Å². The zero-order chi connectivity index (χ0) is 14.4. The van der Waals surface area contributed by atoms with Crippen LogP contribution in [0.3, 0.4) is 0 Å². The summed E-state index contributed by atoms with van der Waals surface area (Å²) in [4.78, 5) is 12.0. The molecular weight excluding hydrogens is 342 g/mol. The van der Waals surface area contributed by atoms with Crippen LogP contribution >= 0.6 is 27.3 Å². The molecular formula is C13H16BrN3O2S. The molecule has 0 bridgehead atoms. The van der Waals surface area contributed by atoms with Gasteiger partial charge < -0.3 is 10.1 Å². The number of aromatic nitrogens is 2. The lowest BCUT2D eigenvalue weighted by molar-refractivity contribution is 0.181. The predicted molar refractivity (Wildman–Crippen MR) is 84.6 cm³/mol. The SMILES string of the molecule is COCCn1ncc(NCCc2ccsc2)c(Br)c1=O. The van der Waals surface area contributed by atoms with Crippen molar-refractivity contribution in [3.8, 4) is 0 Å².